The van der Waals surface area contributed by atoms with E-state index < -0.39 is 9.84 Å². The number of hydrogen-bond donors (Lipinski definition) is 0. The standard InChI is InChI=1S/C22H16ClNO3S/c23-19-9-11-21(12-10-19)28(25,26)22(15-24)14-18-7-4-8-20(13-18)27-16-17-5-2-1-3-6-17/h1-14H,16H2. The Bertz CT molecular complexity index is 1130. The maximum atomic E-state index is 12.7. The average molecular weight is 410 g/mol. The molecule has 28 heavy (non-hydrogen) atoms. The quantitative estimate of drug-likeness (QED) is 0.521. The van der Waals surface area contributed by atoms with Crippen LogP contribution in [0.25, 0.3) is 6.08 Å². The smallest absolute Gasteiger partial charge is 0.216 e. The van der Waals surface area contributed by atoms with Crippen LogP contribution in [-0.4, -0.2) is 8.42 Å². The van der Waals surface area contributed by atoms with Crippen LogP contribution in [0.5, 0.6) is 5.75 Å². The summed E-state index contributed by atoms with van der Waals surface area (Å²) in [6.07, 6.45) is 1.33. The lowest BCUT2D eigenvalue weighted by Crippen LogP contribution is -2.03. The van der Waals surface area contributed by atoms with Crippen LogP contribution in [0.2, 0.25) is 5.02 Å². The number of hydrogen-bond acceptors (Lipinski definition) is 4. The lowest BCUT2D eigenvalue weighted by molar-refractivity contribution is 0.306. The lowest BCUT2D eigenvalue weighted by atomic mass is 10.2. The molecule has 3 aromatic carbocycles. The third-order valence-electron chi connectivity index (χ3n) is 3.93. The highest BCUT2D eigenvalue weighted by Gasteiger charge is 2.20. The highest BCUT2D eigenvalue weighted by atomic mass is 35.5. The van der Waals surface area contributed by atoms with E-state index in [4.69, 9.17) is 16.3 Å². The number of sulfone groups is 1. The first-order valence-electron chi connectivity index (χ1n) is 8.38. The Labute approximate surface area is 169 Å². The summed E-state index contributed by atoms with van der Waals surface area (Å²) in [5, 5.41) is 9.83. The van der Waals surface area contributed by atoms with Crippen molar-refractivity contribution in [2.75, 3.05) is 0 Å². The first-order chi connectivity index (χ1) is 13.5. The third kappa shape index (κ3) is 4.80. The average Bonchev–Trinajstić information content (AvgIpc) is 2.72. The maximum absolute atomic E-state index is 12.7. The summed E-state index contributed by atoms with van der Waals surface area (Å²) < 4.78 is 31.2. The van der Waals surface area contributed by atoms with Gasteiger partial charge in [-0.2, -0.15) is 5.26 Å². The zero-order chi connectivity index (χ0) is 20.0. The zero-order valence-corrected chi connectivity index (χ0v) is 16.3. The molecule has 0 saturated heterocycles. The molecule has 4 nitrogen and oxygen atoms in total. The molecule has 0 amide bonds. The molecule has 0 aromatic heterocycles. The Kier molecular flexibility index (Phi) is 6.15. The number of ether oxygens (including phenoxy) is 1. The van der Waals surface area contributed by atoms with Crippen LogP contribution >= 0.6 is 11.6 Å². The largest absolute Gasteiger partial charge is 0.489 e. The fourth-order valence-electron chi connectivity index (χ4n) is 2.50. The fraction of sp³-hybridized carbons (Fsp3) is 0.0455. The Hall–Kier alpha value is -3.07. The number of rotatable bonds is 6. The van der Waals surface area contributed by atoms with E-state index in [0.717, 1.165) is 5.56 Å². The molecule has 0 N–H and O–H groups in total. The van der Waals surface area contributed by atoms with Crippen LogP contribution in [-0.2, 0) is 16.4 Å². The van der Waals surface area contributed by atoms with Gasteiger partial charge in [-0.3, -0.25) is 0 Å². The fourth-order valence-corrected chi connectivity index (χ4v) is 3.78. The highest BCUT2D eigenvalue weighted by Crippen LogP contribution is 2.24. The Morgan fingerprint density at radius 1 is 1.00 bits per heavy atom. The monoisotopic (exact) mass is 409 g/mol. The van der Waals surface area contributed by atoms with Gasteiger partial charge in [0, 0.05) is 5.02 Å². The van der Waals surface area contributed by atoms with Crippen molar-refractivity contribution in [1.29, 1.82) is 5.26 Å². The molecule has 0 radical (unpaired) electrons. The van der Waals surface area contributed by atoms with Gasteiger partial charge < -0.3 is 4.74 Å². The van der Waals surface area contributed by atoms with Gasteiger partial charge in [0.1, 0.15) is 23.3 Å². The lowest BCUT2D eigenvalue weighted by Gasteiger charge is -2.07. The Balaban J connectivity index is 1.84. The molecule has 3 aromatic rings. The van der Waals surface area contributed by atoms with Crippen LogP contribution in [0, 0.1) is 11.3 Å². The molecule has 6 heteroatoms. The SMILES string of the molecule is N#CC(=Cc1cccc(OCc2ccccc2)c1)S(=O)(=O)c1ccc(Cl)cc1. The van der Waals surface area contributed by atoms with Crippen molar-refractivity contribution in [3.05, 3.63) is 99.9 Å². The molecule has 0 aliphatic rings. The van der Waals surface area contributed by atoms with Gasteiger partial charge >= 0.3 is 0 Å². The van der Waals surface area contributed by atoms with E-state index >= 15 is 0 Å². The summed E-state index contributed by atoms with van der Waals surface area (Å²) in [4.78, 5) is -0.337. The van der Waals surface area contributed by atoms with Gasteiger partial charge in [-0.15, -0.1) is 0 Å². The summed E-state index contributed by atoms with van der Waals surface area (Å²) >= 11 is 5.81. The van der Waals surface area contributed by atoms with Gasteiger partial charge in [0.25, 0.3) is 0 Å². The van der Waals surface area contributed by atoms with Gasteiger partial charge in [0.15, 0.2) is 0 Å². The summed E-state index contributed by atoms with van der Waals surface area (Å²) in [7, 11) is -3.93. The summed E-state index contributed by atoms with van der Waals surface area (Å²) in [6.45, 7) is 0.391. The van der Waals surface area contributed by atoms with E-state index in [1.54, 1.807) is 30.3 Å². The number of halogens is 1. The Morgan fingerprint density at radius 2 is 1.71 bits per heavy atom. The summed E-state index contributed by atoms with van der Waals surface area (Å²) in [6, 6.07) is 24.1. The van der Waals surface area contributed by atoms with E-state index in [1.165, 1.54) is 30.3 Å². The molecule has 0 fully saturated rings. The van der Waals surface area contributed by atoms with E-state index in [-0.39, 0.29) is 9.80 Å². The van der Waals surface area contributed by atoms with Gasteiger partial charge in [0.05, 0.1) is 4.90 Å². The zero-order valence-electron chi connectivity index (χ0n) is 14.7. The molecular weight excluding hydrogens is 394 g/mol. The summed E-state index contributed by atoms with van der Waals surface area (Å²) in [5.41, 5.74) is 1.58. The van der Waals surface area contributed by atoms with Crippen molar-refractivity contribution >= 4 is 27.5 Å². The van der Waals surface area contributed by atoms with E-state index in [9.17, 15) is 13.7 Å². The molecule has 0 unspecified atom stereocenters. The predicted octanol–water partition coefficient (Wildman–Crippen LogP) is 5.26. The molecule has 0 spiro atoms. The highest BCUT2D eigenvalue weighted by molar-refractivity contribution is 7.95. The van der Waals surface area contributed by atoms with Gasteiger partial charge in [0.2, 0.25) is 9.84 Å². The normalized spacial score (nSPS) is 11.6. The molecule has 140 valence electrons. The van der Waals surface area contributed by atoms with E-state index in [0.29, 0.717) is 22.9 Å². The van der Waals surface area contributed by atoms with Crippen LogP contribution in [0.3, 0.4) is 0 Å². The van der Waals surface area contributed by atoms with Gasteiger partial charge in [-0.25, -0.2) is 8.42 Å². The van der Waals surface area contributed by atoms with Crippen molar-refractivity contribution in [2.24, 2.45) is 0 Å². The molecule has 0 heterocycles. The number of nitrogens with zero attached hydrogens (tertiary/aromatic N) is 1. The molecule has 0 aliphatic heterocycles. The van der Waals surface area contributed by atoms with Crippen LogP contribution < -0.4 is 4.74 Å². The molecule has 3 rings (SSSR count). The van der Waals surface area contributed by atoms with Crippen molar-refractivity contribution in [1.82, 2.24) is 0 Å². The van der Waals surface area contributed by atoms with Crippen LogP contribution in [0.1, 0.15) is 11.1 Å². The molecule has 0 bridgehead atoms. The molecular formula is C22H16ClNO3S. The van der Waals surface area contributed by atoms with E-state index in [2.05, 4.69) is 0 Å². The second-order valence-corrected chi connectivity index (χ2v) is 8.28. The van der Waals surface area contributed by atoms with Crippen LogP contribution in [0.15, 0.2) is 88.7 Å². The maximum Gasteiger partial charge on any atom is 0.216 e. The second kappa shape index (κ2) is 8.75. The molecule has 0 aliphatic carbocycles. The second-order valence-electron chi connectivity index (χ2n) is 5.92. The van der Waals surface area contributed by atoms with Crippen molar-refractivity contribution < 1.29 is 13.2 Å². The molecule has 0 atom stereocenters. The topological polar surface area (TPSA) is 67.2 Å². The van der Waals surface area contributed by atoms with Crippen molar-refractivity contribution in [3.63, 3.8) is 0 Å². The van der Waals surface area contributed by atoms with Gasteiger partial charge in [-0.1, -0.05) is 54.1 Å². The predicted molar refractivity (Wildman–Crippen MR) is 109 cm³/mol. The van der Waals surface area contributed by atoms with Crippen LogP contribution in [0.4, 0.5) is 0 Å². The van der Waals surface area contributed by atoms with Crippen molar-refractivity contribution in [2.45, 2.75) is 11.5 Å². The minimum atomic E-state index is -3.93. The van der Waals surface area contributed by atoms with Gasteiger partial charge in [-0.05, 0) is 53.6 Å². The molecule has 0 saturated carbocycles. The first kappa shape index (κ1) is 19.7. The third-order valence-corrected chi connectivity index (χ3v) is 5.86. The first-order valence-corrected chi connectivity index (χ1v) is 10.2. The minimum absolute atomic E-state index is 0.0150. The number of nitriles is 1. The Morgan fingerprint density at radius 3 is 2.39 bits per heavy atom. The minimum Gasteiger partial charge on any atom is -0.489 e. The number of benzene rings is 3. The van der Waals surface area contributed by atoms with Crippen molar-refractivity contribution in [3.8, 4) is 11.8 Å². The summed E-state index contributed by atoms with van der Waals surface area (Å²) in [5.74, 6) is 0.582. The number of allylic oxidation sites excluding steroid dienone is 1. The van der Waals surface area contributed by atoms with E-state index in [1.807, 2.05) is 30.3 Å².